The van der Waals surface area contributed by atoms with Gasteiger partial charge in [0.15, 0.2) is 5.82 Å². The molecular weight excluding hydrogens is 460 g/mol. The molecule has 0 bridgehead atoms. The summed E-state index contributed by atoms with van der Waals surface area (Å²) in [5, 5.41) is 17.9. The van der Waals surface area contributed by atoms with Crippen LogP contribution in [0.25, 0.3) is 5.82 Å². The van der Waals surface area contributed by atoms with Crippen molar-refractivity contribution < 1.29 is 18.1 Å². The van der Waals surface area contributed by atoms with Crippen LogP contribution in [0.1, 0.15) is 15.9 Å². The maximum absolute atomic E-state index is 12.8. The molecule has 2 aromatic carbocycles. The van der Waals surface area contributed by atoms with Gasteiger partial charge in [0.2, 0.25) is 0 Å². The van der Waals surface area contributed by atoms with Crippen molar-refractivity contribution in [2.45, 2.75) is 11.4 Å². The van der Waals surface area contributed by atoms with Gasteiger partial charge in [0.25, 0.3) is 21.6 Å². The van der Waals surface area contributed by atoms with Crippen molar-refractivity contribution in [1.82, 2.24) is 20.1 Å². The molecule has 0 aliphatic rings. The van der Waals surface area contributed by atoms with Crippen LogP contribution >= 0.6 is 0 Å². The van der Waals surface area contributed by atoms with E-state index >= 15 is 0 Å². The van der Waals surface area contributed by atoms with Gasteiger partial charge in [-0.25, -0.2) is 18.1 Å². The van der Waals surface area contributed by atoms with Crippen molar-refractivity contribution in [3.8, 4) is 5.82 Å². The standard InChI is InChI=1S/C22H18N6O5S/c29-22(24-15-16-9-11-23-21(13-16)27-12-4-10-25-27)19-7-1-2-8-20(19)26-34(32,33)18-6-3-5-17(14-18)28(30)31/h1-14,26H,15H2,(H,24,29). The second-order valence-corrected chi connectivity index (χ2v) is 8.74. The van der Waals surface area contributed by atoms with Gasteiger partial charge in [-0.05, 0) is 42.0 Å². The van der Waals surface area contributed by atoms with E-state index in [4.69, 9.17) is 0 Å². The fourth-order valence-corrected chi connectivity index (χ4v) is 4.23. The number of rotatable bonds is 8. The van der Waals surface area contributed by atoms with Crippen molar-refractivity contribution in [3.63, 3.8) is 0 Å². The lowest BCUT2D eigenvalue weighted by Gasteiger charge is -2.13. The Labute approximate surface area is 194 Å². The minimum Gasteiger partial charge on any atom is -0.348 e. The number of nitro groups is 1. The Morgan fingerprint density at radius 2 is 1.85 bits per heavy atom. The highest BCUT2D eigenvalue weighted by Gasteiger charge is 2.20. The summed E-state index contributed by atoms with van der Waals surface area (Å²) in [6.07, 6.45) is 4.97. The summed E-state index contributed by atoms with van der Waals surface area (Å²) in [6.45, 7) is 0.168. The number of anilines is 1. The highest BCUT2D eigenvalue weighted by molar-refractivity contribution is 7.92. The van der Waals surface area contributed by atoms with Gasteiger partial charge in [0.1, 0.15) is 0 Å². The third kappa shape index (κ3) is 5.07. The lowest BCUT2D eigenvalue weighted by molar-refractivity contribution is -0.385. The van der Waals surface area contributed by atoms with Gasteiger partial charge in [0.05, 0.1) is 21.1 Å². The molecule has 0 spiro atoms. The SMILES string of the molecule is O=C(NCc1ccnc(-n2cccn2)c1)c1ccccc1NS(=O)(=O)c1cccc([N+](=O)[O-])c1. The molecule has 0 aliphatic heterocycles. The van der Waals surface area contributed by atoms with Crippen LogP contribution in [-0.4, -0.2) is 34.0 Å². The zero-order valence-corrected chi connectivity index (χ0v) is 18.3. The smallest absolute Gasteiger partial charge is 0.270 e. The minimum atomic E-state index is -4.18. The molecule has 4 rings (SSSR count). The summed E-state index contributed by atoms with van der Waals surface area (Å²) in [7, 11) is -4.18. The molecule has 1 amide bonds. The first-order valence-electron chi connectivity index (χ1n) is 9.93. The number of carbonyl (C=O) groups excluding carboxylic acids is 1. The van der Waals surface area contributed by atoms with Crippen molar-refractivity contribution in [2.24, 2.45) is 0 Å². The average Bonchev–Trinajstić information content (AvgIpc) is 3.38. The highest BCUT2D eigenvalue weighted by Crippen LogP contribution is 2.23. The maximum Gasteiger partial charge on any atom is 0.270 e. The number of carbonyl (C=O) groups is 1. The molecule has 4 aromatic rings. The number of hydrogen-bond donors (Lipinski definition) is 2. The van der Waals surface area contributed by atoms with E-state index in [1.165, 1.54) is 30.3 Å². The molecule has 0 fully saturated rings. The molecular formula is C22H18N6O5S. The van der Waals surface area contributed by atoms with Gasteiger partial charge in [0, 0.05) is 37.3 Å². The van der Waals surface area contributed by atoms with Crippen LogP contribution in [0.5, 0.6) is 0 Å². The fraction of sp³-hybridized carbons (Fsp3) is 0.0455. The van der Waals surface area contributed by atoms with Gasteiger partial charge in [-0.15, -0.1) is 0 Å². The normalized spacial score (nSPS) is 11.1. The molecule has 0 saturated carbocycles. The molecule has 0 unspecified atom stereocenters. The molecule has 2 N–H and O–H groups in total. The van der Waals surface area contributed by atoms with E-state index in [-0.39, 0.29) is 28.4 Å². The van der Waals surface area contributed by atoms with E-state index in [0.29, 0.717) is 5.82 Å². The first kappa shape index (κ1) is 22.6. The Kier molecular flexibility index (Phi) is 6.32. The predicted molar refractivity (Wildman–Crippen MR) is 123 cm³/mol. The highest BCUT2D eigenvalue weighted by atomic mass is 32.2. The number of amides is 1. The molecule has 34 heavy (non-hydrogen) atoms. The number of aromatic nitrogens is 3. The molecule has 11 nitrogen and oxygen atoms in total. The molecule has 0 aliphatic carbocycles. The zero-order valence-electron chi connectivity index (χ0n) is 17.5. The summed E-state index contributed by atoms with van der Waals surface area (Å²) < 4.78 is 29.5. The third-order valence-corrected chi connectivity index (χ3v) is 6.12. The van der Waals surface area contributed by atoms with Crippen LogP contribution in [0.2, 0.25) is 0 Å². The number of non-ortho nitro benzene ring substituents is 1. The number of para-hydroxylation sites is 1. The Morgan fingerprint density at radius 1 is 1.03 bits per heavy atom. The second-order valence-electron chi connectivity index (χ2n) is 7.06. The van der Waals surface area contributed by atoms with Gasteiger partial charge in [-0.2, -0.15) is 5.10 Å². The van der Waals surface area contributed by atoms with E-state index in [1.54, 1.807) is 53.6 Å². The molecule has 2 aromatic heterocycles. The van der Waals surface area contributed by atoms with Gasteiger partial charge >= 0.3 is 0 Å². The van der Waals surface area contributed by atoms with Crippen LogP contribution in [0.15, 0.2) is 90.2 Å². The van der Waals surface area contributed by atoms with E-state index in [9.17, 15) is 23.3 Å². The number of nitro benzene ring substituents is 1. The molecule has 0 radical (unpaired) electrons. The summed E-state index contributed by atoms with van der Waals surface area (Å²) >= 11 is 0. The van der Waals surface area contributed by atoms with Crippen molar-refractivity contribution in [3.05, 3.63) is 107 Å². The topological polar surface area (TPSA) is 149 Å². The number of nitrogens with one attached hydrogen (secondary N) is 2. The Balaban J connectivity index is 1.51. The largest absolute Gasteiger partial charge is 0.348 e. The first-order valence-corrected chi connectivity index (χ1v) is 11.4. The minimum absolute atomic E-state index is 0.0402. The lowest BCUT2D eigenvalue weighted by Crippen LogP contribution is -2.25. The molecule has 172 valence electrons. The Hall–Kier alpha value is -4.58. The molecule has 0 atom stereocenters. The Bertz CT molecular complexity index is 1450. The van der Waals surface area contributed by atoms with Crippen LogP contribution in [0, 0.1) is 10.1 Å². The number of nitrogens with zero attached hydrogens (tertiary/aromatic N) is 4. The molecule has 2 heterocycles. The fourth-order valence-electron chi connectivity index (χ4n) is 3.12. The predicted octanol–water partition coefficient (Wildman–Crippen LogP) is 2.91. The summed E-state index contributed by atoms with van der Waals surface area (Å²) in [4.78, 5) is 27.1. The number of sulfonamides is 1. The first-order chi connectivity index (χ1) is 16.3. The number of hydrogen-bond acceptors (Lipinski definition) is 7. The second kappa shape index (κ2) is 9.50. The van der Waals surface area contributed by atoms with Gasteiger partial charge in [-0.3, -0.25) is 19.6 Å². The van der Waals surface area contributed by atoms with E-state index < -0.39 is 20.9 Å². The summed E-state index contributed by atoms with van der Waals surface area (Å²) in [5.41, 5.74) is 0.542. The quantitative estimate of drug-likeness (QED) is 0.292. The van der Waals surface area contributed by atoms with E-state index in [2.05, 4.69) is 20.1 Å². The van der Waals surface area contributed by atoms with Crippen LogP contribution < -0.4 is 10.0 Å². The summed E-state index contributed by atoms with van der Waals surface area (Å²) in [6, 6.07) is 16.0. The number of pyridine rings is 1. The van der Waals surface area contributed by atoms with Crippen LogP contribution in [-0.2, 0) is 16.6 Å². The monoisotopic (exact) mass is 478 g/mol. The zero-order chi connectivity index (χ0) is 24.1. The van der Waals surface area contributed by atoms with Crippen LogP contribution in [0.3, 0.4) is 0 Å². The maximum atomic E-state index is 12.8. The van der Waals surface area contributed by atoms with Crippen LogP contribution in [0.4, 0.5) is 11.4 Å². The van der Waals surface area contributed by atoms with Crippen molar-refractivity contribution in [1.29, 1.82) is 0 Å². The molecule has 12 heteroatoms. The summed E-state index contributed by atoms with van der Waals surface area (Å²) in [5.74, 6) is 0.0802. The average molecular weight is 478 g/mol. The van der Waals surface area contributed by atoms with Gasteiger partial charge in [-0.1, -0.05) is 18.2 Å². The Morgan fingerprint density at radius 3 is 2.62 bits per heavy atom. The van der Waals surface area contributed by atoms with Gasteiger partial charge < -0.3 is 5.32 Å². The van der Waals surface area contributed by atoms with Crippen molar-refractivity contribution in [2.75, 3.05) is 4.72 Å². The number of benzene rings is 2. The van der Waals surface area contributed by atoms with E-state index in [1.807, 2.05) is 0 Å². The molecule has 0 saturated heterocycles. The third-order valence-electron chi connectivity index (χ3n) is 4.76. The lowest BCUT2D eigenvalue weighted by atomic mass is 10.1. The van der Waals surface area contributed by atoms with Crippen molar-refractivity contribution >= 4 is 27.3 Å². The van der Waals surface area contributed by atoms with E-state index in [0.717, 1.165) is 11.6 Å².